The summed E-state index contributed by atoms with van der Waals surface area (Å²) in [6.45, 7) is 8.32. The zero-order valence-corrected chi connectivity index (χ0v) is 23.8. The van der Waals surface area contributed by atoms with E-state index in [-0.39, 0.29) is 18.3 Å². The maximum atomic E-state index is 6.27. The number of fused-ring (bicyclic) bond motifs is 2. The standard InChI is InChI=1S/C36H31BN2O2/c1-35(2)36(3,4)41-37(40-35)26-20-18-24(19-21-26)27-22-23-30(29-15-9-8-14-28(27)29)34-38-32-17-11-10-16-31(32)33(39-34)25-12-6-5-7-13-25/h5-23H,1-4H3. The molecule has 1 saturated heterocycles. The van der Waals surface area contributed by atoms with E-state index >= 15 is 0 Å². The SMILES string of the molecule is CC1(C)OB(c2ccc(-c3ccc(-c4nc(-c5ccccc5)c5ccccc5n4)c4ccccc34)cc2)OC1(C)C. The van der Waals surface area contributed by atoms with Crippen LogP contribution in [-0.4, -0.2) is 28.3 Å². The van der Waals surface area contributed by atoms with Crippen molar-refractivity contribution >= 4 is 34.3 Å². The molecule has 200 valence electrons. The highest BCUT2D eigenvalue weighted by molar-refractivity contribution is 6.62. The van der Waals surface area contributed by atoms with Gasteiger partial charge in [-0.25, -0.2) is 9.97 Å². The predicted molar refractivity (Wildman–Crippen MR) is 169 cm³/mol. The van der Waals surface area contributed by atoms with Gasteiger partial charge in [-0.2, -0.15) is 0 Å². The van der Waals surface area contributed by atoms with Gasteiger partial charge in [-0.15, -0.1) is 0 Å². The van der Waals surface area contributed by atoms with Crippen molar-refractivity contribution in [2.45, 2.75) is 38.9 Å². The van der Waals surface area contributed by atoms with Crippen LogP contribution in [0.25, 0.3) is 55.4 Å². The molecule has 1 aromatic heterocycles. The third-order valence-corrected chi connectivity index (χ3v) is 8.56. The maximum absolute atomic E-state index is 6.27. The molecule has 7 rings (SSSR count). The number of benzene rings is 5. The molecule has 0 aliphatic carbocycles. The average molecular weight is 534 g/mol. The van der Waals surface area contributed by atoms with Gasteiger partial charge < -0.3 is 9.31 Å². The van der Waals surface area contributed by atoms with Crippen LogP contribution in [0.2, 0.25) is 0 Å². The number of aromatic nitrogens is 2. The lowest BCUT2D eigenvalue weighted by molar-refractivity contribution is 0.00578. The third kappa shape index (κ3) is 4.42. The molecule has 5 heteroatoms. The zero-order chi connectivity index (χ0) is 28.2. The Morgan fingerprint density at radius 3 is 1.76 bits per heavy atom. The van der Waals surface area contributed by atoms with E-state index in [1.807, 2.05) is 30.3 Å². The van der Waals surface area contributed by atoms with E-state index in [2.05, 4.69) is 113 Å². The van der Waals surface area contributed by atoms with Crippen molar-refractivity contribution in [3.63, 3.8) is 0 Å². The van der Waals surface area contributed by atoms with Crippen LogP contribution in [0, 0.1) is 0 Å². The first-order valence-electron chi connectivity index (χ1n) is 14.1. The first kappa shape index (κ1) is 25.6. The molecule has 0 saturated carbocycles. The molecule has 0 atom stereocenters. The van der Waals surface area contributed by atoms with E-state index in [0.29, 0.717) is 0 Å². The van der Waals surface area contributed by atoms with Gasteiger partial charge in [0, 0.05) is 16.5 Å². The van der Waals surface area contributed by atoms with Crippen molar-refractivity contribution in [1.29, 1.82) is 0 Å². The van der Waals surface area contributed by atoms with Crippen LogP contribution in [-0.2, 0) is 9.31 Å². The third-order valence-electron chi connectivity index (χ3n) is 8.56. The lowest BCUT2D eigenvalue weighted by Crippen LogP contribution is -2.41. The van der Waals surface area contributed by atoms with Crippen molar-refractivity contribution < 1.29 is 9.31 Å². The molecule has 6 aromatic rings. The summed E-state index contributed by atoms with van der Waals surface area (Å²) in [5, 5.41) is 3.33. The van der Waals surface area contributed by atoms with Gasteiger partial charge in [0.15, 0.2) is 5.82 Å². The summed E-state index contributed by atoms with van der Waals surface area (Å²) in [6.07, 6.45) is 0. The van der Waals surface area contributed by atoms with Gasteiger partial charge in [0.2, 0.25) is 0 Å². The van der Waals surface area contributed by atoms with Crippen molar-refractivity contribution in [2.24, 2.45) is 0 Å². The Kier molecular flexibility index (Phi) is 6.04. The Hall–Kier alpha value is -4.32. The topological polar surface area (TPSA) is 44.2 Å². The average Bonchev–Trinajstić information content (AvgIpc) is 3.22. The number of hydrogen-bond acceptors (Lipinski definition) is 4. The van der Waals surface area contributed by atoms with Gasteiger partial charge >= 0.3 is 7.12 Å². The fourth-order valence-corrected chi connectivity index (χ4v) is 5.56. The van der Waals surface area contributed by atoms with Crippen LogP contribution in [0.3, 0.4) is 0 Å². The minimum Gasteiger partial charge on any atom is -0.399 e. The number of para-hydroxylation sites is 1. The molecular formula is C36H31BN2O2. The summed E-state index contributed by atoms with van der Waals surface area (Å²) >= 11 is 0. The number of rotatable bonds is 4. The van der Waals surface area contributed by atoms with E-state index in [4.69, 9.17) is 19.3 Å². The van der Waals surface area contributed by atoms with Crippen molar-refractivity contribution in [2.75, 3.05) is 0 Å². The zero-order valence-electron chi connectivity index (χ0n) is 23.8. The van der Waals surface area contributed by atoms with Gasteiger partial charge in [-0.05, 0) is 67.2 Å². The van der Waals surface area contributed by atoms with Gasteiger partial charge in [-0.3, -0.25) is 0 Å². The highest BCUT2D eigenvalue weighted by atomic mass is 16.7. The molecule has 1 fully saturated rings. The lowest BCUT2D eigenvalue weighted by Gasteiger charge is -2.32. The lowest BCUT2D eigenvalue weighted by atomic mass is 9.78. The monoisotopic (exact) mass is 534 g/mol. The predicted octanol–water partition coefficient (Wildman–Crippen LogP) is 8.08. The molecule has 2 heterocycles. The molecule has 0 unspecified atom stereocenters. The highest BCUT2D eigenvalue weighted by Crippen LogP contribution is 2.38. The van der Waals surface area contributed by atoms with Crippen LogP contribution >= 0.6 is 0 Å². The highest BCUT2D eigenvalue weighted by Gasteiger charge is 2.51. The molecule has 1 aliphatic heterocycles. The molecule has 0 bridgehead atoms. The van der Waals surface area contributed by atoms with Crippen LogP contribution < -0.4 is 5.46 Å². The van der Waals surface area contributed by atoms with Gasteiger partial charge in [0.1, 0.15) is 0 Å². The number of nitrogens with zero attached hydrogens (tertiary/aromatic N) is 2. The molecule has 4 nitrogen and oxygen atoms in total. The van der Waals surface area contributed by atoms with Crippen LogP contribution in [0.5, 0.6) is 0 Å². The normalized spacial score (nSPS) is 16.0. The molecule has 0 radical (unpaired) electrons. The minimum atomic E-state index is -0.378. The van der Waals surface area contributed by atoms with Crippen LogP contribution in [0.1, 0.15) is 27.7 Å². The molecule has 41 heavy (non-hydrogen) atoms. The molecule has 1 aliphatic rings. The van der Waals surface area contributed by atoms with Gasteiger partial charge in [0.05, 0.1) is 22.4 Å². The Bertz CT molecular complexity index is 1880. The summed E-state index contributed by atoms with van der Waals surface area (Å²) < 4.78 is 12.5. The Morgan fingerprint density at radius 2 is 1.07 bits per heavy atom. The molecule has 0 amide bonds. The molecular weight excluding hydrogens is 503 g/mol. The van der Waals surface area contributed by atoms with Crippen LogP contribution in [0.4, 0.5) is 0 Å². The quantitative estimate of drug-likeness (QED) is 0.215. The van der Waals surface area contributed by atoms with E-state index in [0.717, 1.165) is 60.9 Å². The van der Waals surface area contributed by atoms with E-state index in [1.165, 1.54) is 0 Å². The summed E-state index contributed by atoms with van der Waals surface area (Å²) in [5.74, 6) is 0.724. The second-order valence-electron chi connectivity index (χ2n) is 11.7. The van der Waals surface area contributed by atoms with Crippen molar-refractivity contribution in [1.82, 2.24) is 9.97 Å². The van der Waals surface area contributed by atoms with Gasteiger partial charge in [0.25, 0.3) is 0 Å². The maximum Gasteiger partial charge on any atom is 0.494 e. The Balaban J connectivity index is 1.31. The molecule has 0 spiro atoms. The van der Waals surface area contributed by atoms with Crippen molar-refractivity contribution in [3.05, 3.63) is 115 Å². The molecule has 5 aromatic carbocycles. The van der Waals surface area contributed by atoms with E-state index in [9.17, 15) is 0 Å². The largest absolute Gasteiger partial charge is 0.494 e. The Morgan fingerprint density at radius 1 is 0.512 bits per heavy atom. The second-order valence-corrected chi connectivity index (χ2v) is 11.7. The fourth-order valence-electron chi connectivity index (χ4n) is 5.56. The summed E-state index contributed by atoms with van der Waals surface area (Å²) in [5.41, 5.74) is 6.55. The first-order valence-corrected chi connectivity index (χ1v) is 14.1. The first-order chi connectivity index (χ1) is 19.8. The summed E-state index contributed by atoms with van der Waals surface area (Å²) in [6, 6.07) is 39.9. The Labute approximate surface area is 241 Å². The minimum absolute atomic E-state index is 0.367. The van der Waals surface area contributed by atoms with Crippen molar-refractivity contribution in [3.8, 4) is 33.8 Å². The van der Waals surface area contributed by atoms with Crippen LogP contribution in [0.15, 0.2) is 115 Å². The summed E-state index contributed by atoms with van der Waals surface area (Å²) in [7, 11) is -0.378. The van der Waals surface area contributed by atoms with E-state index < -0.39 is 0 Å². The van der Waals surface area contributed by atoms with E-state index in [1.54, 1.807) is 0 Å². The van der Waals surface area contributed by atoms with Gasteiger partial charge in [-0.1, -0.05) is 103 Å². The smallest absolute Gasteiger partial charge is 0.399 e. The fraction of sp³-hybridized carbons (Fsp3) is 0.167. The molecule has 0 N–H and O–H groups in total. The second kappa shape index (κ2) is 9.65. The number of hydrogen-bond donors (Lipinski definition) is 0. The summed E-state index contributed by atoms with van der Waals surface area (Å²) in [4.78, 5) is 10.2.